The third kappa shape index (κ3) is 5.60. The molecular weight excluding hydrogens is 124 g/mol. The highest BCUT2D eigenvalue weighted by molar-refractivity contribution is 5.80. The fourth-order valence-electron chi connectivity index (χ4n) is 0.516. The Labute approximate surface area is 64.7 Å². The van der Waals surface area contributed by atoms with Gasteiger partial charge in [-0.25, -0.2) is 0 Å². The van der Waals surface area contributed by atoms with Gasteiger partial charge >= 0.3 is 0 Å². The van der Waals surface area contributed by atoms with E-state index in [1.165, 1.54) is 0 Å². The van der Waals surface area contributed by atoms with Crippen LogP contribution >= 0.6 is 0 Å². The Kier molecular flexibility index (Phi) is 8.02. The highest BCUT2D eigenvalue weighted by atomic mass is 15.1. The first-order valence-corrected chi connectivity index (χ1v) is 3.81. The molecule has 0 atom stereocenters. The van der Waals surface area contributed by atoms with Crippen molar-refractivity contribution in [3.8, 4) is 0 Å². The van der Waals surface area contributed by atoms with E-state index >= 15 is 0 Å². The van der Waals surface area contributed by atoms with Crippen LogP contribution in [0, 0.1) is 11.3 Å². The van der Waals surface area contributed by atoms with Crippen molar-refractivity contribution in [3.63, 3.8) is 0 Å². The molecule has 0 spiro atoms. The Morgan fingerprint density at radius 2 is 1.50 bits per heavy atom. The van der Waals surface area contributed by atoms with E-state index in [9.17, 15) is 0 Å². The highest BCUT2D eigenvalue weighted by Gasteiger charge is 2.01. The Bertz CT molecular complexity index is 75.3. The SMILES string of the molecule is CC.CC(C)C(=N)N(C)C. The Morgan fingerprint density at radius 3 is 1.50 bits per heavy atom. The van der Waals surface area contributed by atoms with Crippen LogP contribution in [0.1, 0.15) is 27.7 Å². The van der Waals surface area contributed by atoms with Gasteiger partial charge in [0.1, 0.15) is 0 Å². The fourth-order valence-corrected chi connectivity index (χ4v) is 0.516. The molecule has 0 fully saturated rings. The van der Waals surface area contributed by atoms with Crippen LogP contribution in [0.3, 0.4) is 0 Å². The van der Waals surface area contributed by atoms with Crippen molar-refractivity contribution >= 4 is 5.84 Å². The molecule has 0 radical (unpaired) electrons. The molecule has 0 aromatic heterocycles. The van der Waals surface area contributed by atoms with Gasteiger partial charge in [-0.1, -0.05) is 27.7 Å². The van der Waals surface area contributed by atoms with Crippen molar-refractivity contribution in [2.24, 2.45) is 5.92 Å². The maximum Gasteiger partial charge on any atom is 0.0978 e. The van der Waals surface area contributed by atoms with Crippen LogP contribution in [0.5, 0.6) is 0 Å². The quantitative estimate of drug-likeness (QED) is 0.443. The summed E-state index contributed by atoms with van der Waals surface area (Å²) < 4.78 is 0. The van der Waals surface area contributed by atoms with Gasteiger partial charge in [0.05, 0.1) is 5.84 Å². The van der Waals surface area contributed by atoms with Gasteiger partial charge in [-0.05, 0) is 0 Å². The standard InChI is InChI=1S/C6H14N2.C2H6/c1-5(2)6(7)8(3)4;1-2/h5,7H,1-4H3;1-2H3. The maximum atomic E-state index is 7.32. The van der Waals surface area contributed by atoms with Crippen LogP contribution in [-0.4, -0.2) is 24.8 Å². The smallest absolute Gasteiger partial charge is 0.0978 e. The van der Waals surface area contributed by atoms with E-state index in [1.807, 2.05) is 46.7 Å². The second kappa shape index (κ2) is 6.59. The number of amidine groups is 1. The molecule has 2 nitrogen and oxygen atoms in total. The summed E-state index contributed by atoms with van der Waals surface area (Å²) in [7, 11) is 3.78. The average Bonchev–Trinajstić information content (AvgIpc) is 1.90. The van der Waals surface area contributed by atoms with E-state index in [4.69, 9.17) is 5.41 Å². The molecule has 0 unspecified atom stereocenters. The van der Waals surface area contributed by atoms with E-state index in [0.29, 0.717) is 11.8 Å². The molecule has 0 rings (SSSR count). The van der Waals surface area contributed by atoms with Crippen LogP contribution in [0.25, 0.3) is 0 Å². The first-order chi connectivity index (χ1) is 4.55. The lowest BCUT2D eigenvalue weighted by Crippen LogP contribution is -2.25. The van der Waals surface area contributed by atoms with E-state index in [0.717, 1.165) is 0 Å². The zero-order valence-corrected chi connectivity index (χ0v) is 8.02. The first kappa shape index (κ1) is 12.2. The molecule has 0 saturated heterocycles. The number of nitrogens with one attached hydrogen (secondary N) is 1. The topological polar surface area (TPSA) is 27.1 Å². The van der Waals surface area contributed by atoms with Crippen LogP contribution in [0.2, 0.25) is 0 Å². The highest BCUT2D eigenvalue weighted by Crippen LogP contribution is 1.95. The minimum absolute atomic E-state index is 0.352. The maximum absolute atomic E-state index is 7.32. The summed E-state index contributed by atoms with van der Waals surface area (Å²) in [6.45, 7) is 8.03. The van der Waals surface area contributed by atoms with Gasteiger partial charge in [-0.3, -0.25) is 5.41 Å². The van der Waals surface area contributed by atoms with Crippen molar-refractivity contribution in [1.82, 2.24) is 4.90 Å². The molecule has 0 heterocycles. The van der Waals surface area contributed by atoms with Crippen LogP contribution in [0.15, 0.2) is 0 Å². The predicted molar refractivity (Wildman–Crippen MR) is 47.6 cm³/mol. The predicted octanol–water partition coefficient (Wildman–Crippen LogP) is 2.21. The van der Waals surface area contributed by atoms with Gasteiger partial charge in [0.15, 0.2) is 0 Å². The Morgan fingerprint density at radius 1 is 1.20 bits per heavy atom. The molecule has 0 aliphatic heterocycles. The van der Waals surface area contributed by atoms with E-state index in [1.54, 1.807) is 0 Å². The zero-order valence-electron chi connectivity index (χ0n) is 8.02. The zero-order chi connectivity index (χ0) is 8.73. The summed E-state index contributed by atoms with van der Waals surface area (Å²) in [6.07, 6.45) is 0. The molecule has 0 aliphatic rings. The lowest BCUT2D eigenvalue weighted by atomic mass is 10.2. The molecule has 0 saturated carbocycles. The van der Waals surface area contributed by atoms with Crippen molar-refractivity contribution in [2.45, 2.75) is 27.7 Å². The number of hydrogen-bond acceptors (Lipinski definition) is 1. The Balaban J connectivity index is 0. The number of rotatable bonds is 1. The lowest BCUT2D eigenvalue weighted by molar-refractivity contribution is 0.569. The molecule has 0 aliphatic carbocycles. The molecule has 0 bridgehead atoms. The Hall–Kier alpha value is -0.530. The minimum Gasteiger partial charge on any atom is -0.366 e. The number of nitrogens with zero attached hydrogens (tertiary/aromatic N) is 1. The van der Waals surface area contributed by atoms with Gasteiger partial charge in [-0.15, -0.1) is 0 Å². The van der Waals surface area contributed by atoms with Crippen molar-refractivity contribution in [2.75, 3.05) is 14.1 Å². The average molecular weight is 144 g/mol. The molecule has 0 aromatic rings. The van der Waals surface area contributed by atoms with Gasteiger partial charge in [-0.2, -0.15) is 0 Å². The van der Waals surface area contributed by atoms with Crippen LogP contribution in [0.4, 0.5) is 0 Å². The summed E-state index contributed by atoms with van der Waals surface area (Å²) in [4.78, 5) is 1.82. The molecule has 10 heavy (non-hydrogen) atoms. The lowest BCUT2D eigenvalue weighted by Gasteiger charge is -2.15. The molecule has 0 aromatic carbocycles. The second-order valence-corrected chi connectivity index (χ2v) is 2.43. The second-order valence-electron chi connectivity index (χ2n) is 2.43. The van der Waals surface area contributed by atoms with E-state index in [-0.39, 0.29) is 0 Å². The molecular formula is C8H20N2. The summed E-state index contributed by atoms with van der Waals surface area (Å²) in [5, 5.41) is 7.32. The molecule has 2 heteroatoms. The van der Waals surface area contributed by atoms with E-state index in [2.05, 4.69) is 0 Å². The van der Waals surface area contributed by atoms with Crippen LogP contribution in [-0.2, 0) is 0 Å². The summed E-state index contributed by atoms with van der Waals surface area (Å²) in [6, 6.07) is 0. The van der Waals surface area contributed by atoms with E-state index < -0.39 is 0 Å². The van der Waals surface area contributed by atoms with Gasteiger partial charge in [0.25, 0.3) is 0 Å². The van der Waals surface area contributed by atoms with Crippen molar-refractivity contribution in [3.05, 3.63) is 0 Å². The molecule has 0 amide bonds. The summed E-state index contributed by atoms with van der Waals surface area (Å²) in [5.74, 6) is 1.04. The summed E-state index contributed by atoms with van der Waals surface area (Å²) >= 11 is 0. The molecule has 1 N–H and O–H groups in total. The monoisotopic (exact) mass is 144 g/mol. The third-order valence-electron chi connectivity index (χ3n) is 1.03. The first-order valence-electron chi connectivity index (χ1n) is 3.81. The molecule has 62 valence electrons. The largest absolute Gasteiger partial charge is 0.366 e. The van der Waals surface area contributed by atoms with Gasteiger partial charge in [0.2, 0.25) is 0 Å². The third-order valence-corrected chi connectivity index (χ3v) is 1.03. The van der Waals surface area contributed by atoms with Crippen LogP contribution < -0.4 is 0 Å². The van der Waals surface area contributed by atoms with Crippen molar-refractivity contribution in [1.29, 1.82) is 5.41 Å². The fraction of sp³-hybridized carbons (Fsp3) is 0.875. The van der Waals surface area contributed by atoms with Crippen molar-refractivity contribution < 1.29 is 0 Å². The summed E-state index contributed by atoms with van der Waals surface area (Å²) in [5.41, 5.74) is 0. The minimum atomic E-state index is 0.352. The number of hydrogen-bond donors (Lipinski definition) is 1. The van der Waals surface area contributed by atoms with Gasteiger partial charge in [0, 0.05) is 20.0 Å². The van der Waals surface area contributed by atoms with Gasteiger partial charge < -0.3 is 4.90 Å². The normalized spacial score (nSPS) is 8.30.